The van der Waals surface area contributed by atoms with Crippen LogP contribution < -0.4 is 0 Å². The van der Waals surface area contributed by atoms with Crippen molar-refractivity contribution in [1.29, 1.82) is 0 Å². The molecule has 0 bridgehead atoms. The third-order valence-corrected chi connectivity index (χ3v) is 5.92. The lowest BCUT2D eigenvalue weighted by atomic mass is 10.0. The minimum Gasteiger partial charge on any atom is -0.342 e. The van der Waals surface area contributed by atoms with Crippen molar-refractivity contribution < 1.29 is 4.79 Å². The zero-order valence-electron chi connectivity index (χ0n) is 10.7. The van der Waals surface area contributed by atoms with E-state index in [2.05, 4.69) is 48.5 Å². The molecule has 92 valence electrons. The van der Waals surface area contributed by atoms with Crippen LogP contribution in [0.1, 0.15) is 40.5 Å². The zero-order chi connectivity index (χ0) is 12.1. The van der Waals surface area contributed by atoms with E-state index in [-0.39, 0.29) is 16.7 Å². The van der Waals surface area contributed by atoms with Gasteiger partial charge in [-0.1, -0.05) is 43.6 Å². The topological polar surface area (TPSA) is 20.3 Å². The summed E-state index contributed by atoms with van der Waals surface area (Å²) < 4.78 is 0. The van der Waals surface area contributed by atoms with Gasteiger partial charge in [0.05, 0.1) is 0 Å². The Bertz CT molecular complexity index is 289. The molecule has 1 aliphatic carbocycles. The van der Waals surface area contributed by atoms with Gasteiger partial charge in [0.2, 0.25) is 5.91 Å². The van der Waals surface area contributed by atoms with E-state index < -0.39 is 0 Å². The van der Waals surface area contributed by atoms with Crippen LogP contribution in [0.2, 0.25) is 0 Å². The number of alkyl halides is 1. The number of hydrogen-bond acceptors (Lipinski definition) is 1. The van der Waals surface area contributed by atoms with E-state index in [1.54, 1.807) is 0 Å². The first kappa shape index (κ1) is 12.4. The molecule has 2 nitrogen and oxygen atoms in total. The molecule has 1 heterocycles. The van der Waals surface area contributed by atoms with Gasteiger partial charge in [-0.05, 0) is 23.7 Å². The Morgan fingerprint density at radius 2 is 1.56 bits per heavy atom. The van der Waals surface area contributed by atoms with Gasteiger partial charge in [-0.3, -0.25) is 4.79 Å². The van der Waals surface area contributed by atoms with Crippen LogP contribution in [0.15, 0.2) is 0 Å². The number of halogens is 1. The molecule has 1 aliphatic heterocycles. The van der Waals surface area contributed by atoms with Crippen LogP contribution in [0.3, 0.4) is 0 Å². The summed E-state index contributed by atoms with van der Waals surface area (Å²) in [6.45, 7) is 10.7. The molecule has 16 heavy (non-hydrogen) atoms. The Labute approximate surface area is 107 Å². The molecule has 0 spiro atoms. The molecule has 0 aromatic carbocycles. The number of nitrogens with zero attached hydrogens (tertiary/aromatic N) is 1. The van der Waals surface area contributed by atoms with Crippen molar-refractivity contribution in [2.45, 2.75) is 45.4 Å². The maximum atomic E-state index is 12.4. The molecule has 0 unspecified atom stereocenters. The average molecular weight is 288 g/mol. The van der Waals surface area contributed by atoms with Crippen LogP contribution in [0.25, 0.3) is 0 Å². The fraction of sp³-hybridized carbons (Fsp3) is 0.923. The second kappa shape index (κ2) is 3.72. The highest BCUT2D eigenvalue weighted by atomic mass is 79.9. The number of hydrogen-bond donors (Lipinski definition) is 0. The lowest BCUT2D eigenvalue weighted by Gasteiger charge is -2.30. The Balaban J connectivity index is 2.00. The number of likely N-dealkylation sites (tertiary alicyclic amines) is 1. The second-order valence-electron chi connectivity index (χ2n) is 6.38. The molecule has 0 atom stereocenters. The first-order valence-electron chi connectivity index (χ1n) is 6.21. The summed E-state index contributed by atoms with van der Waals surface area (Å²) in [5, 5.41) is 0. The van der Waals surface area contributed by atoms with Crippen LogP contribution in [0, 0.1) is 16.7 Å². The number of carbonyl (C=O) groups excluding carboxylic acids is 1. The molecule has 2 aliphatic rings. The number of amides is 1. The molecule has 0 aromatic rings. The fourth-order valence-electron chi connectivity index (χ4n) is 3.06. The summed E-state index contributed by atoms with van der Waals surface area (Å²) in [6.07, 6.45) is 2.19. The van der Waals surface area contributed by atoms with Gasteiger partial charge in [0, 0.05) is 23.8 Å². The van der Waals surface area contributed by atoms with Crippen LogP contribution in [0.5, 0.6) is 0 Å². The first-order valence-corrected chi connectivity index (χ1v) is 7.13. The van der Waals surface area contributed by atoms with Crippen molar-refractivity contribution in [3.8, 4) is 0 Å². The molecule has 3 heteroatoms. The van der Waals surface area contributed by atoms with E-state index >= 15 is 0 Å². The lowest BCUT2D eigenvalue weighted by molar-refractivity contribution is -0.134. The summed E-state index contributed by atoms with van der Waals surface area (Å²) in [7, 11) is 0. The second-order valence-corrected chi connectivity index (χ2v) is 7.67. The molecule has 2 fully saturated rings. The molecule has 0 radical (unpaired) electrons. The van der Waals surface area contributed by atoms with Crippen molar-refractivity contribution in [3.05, 3.63) is 0 Å². The van der Waals surface area contributed by atoms with Gasteiger partial charge in [-0.15, -0.1) is 0 Å². The van der Waals surface area contributed by atoms with Gasteiger partial charge >= 0.3 is 0 Å². The van der Waals surface area contributed by atoms with Gasteiger partial charge in [0.25, 0.3) is 0 Å². The number of carbonyl (C=O) groups is 1. The van der Waals surface area contributed by atoms with Crippen molar-refractivity contribution in [2.24, 2.45) is 16.7 Å². The standard InChI is InChI=1S/C13H22BrNO/c1-12(2)10(13(12,3)4)11(16)15-7-5-9(14)6-8-15/h9-10H,5-8H2,1-4H3. The highest BCUT2D eigenvalue weighted by Gasteiger charge is 2.68. The van der Waals surface area contributed by atoms with Crippen LogP contribution in [-0.2, 0) is 4.79 Å². The van der Waals surface area contributed by atoms with Crippen molar-refractivity contribution in [3.63, 3.8) is 0 Å². The fourth-order valence-corrected chi connectivity index (χ4v) is 3.47. The van der Waals surface area contributed by atoms with Crippen LogP contribution in [-0.4, -0.2) is 28.7 Å². The third-order valence-electron chi connectivity index (χ3n) is 5.00. The van der Waals surface area contributed by atoms with Crippen molar-refractivity contribution in [2.75, 3.05) is 13.1 Å². The monoisotopic (exact) mass is 287 g/mol. The summed E-state index contributed by atoms with van der Waals surface area (Å²) >= 11 is 3.62. The van der Waals surface area contributed by atoms with E-state index in [0.29, 0.717) is 10.7 Å². The molecular weight excluding hydrogens is 266 g/mol. The predicted molar refractivity (Wildman–Crippen MR) is 69.6 cm³/mol. The SMILES string of the molecule is CC1(C)C(C(=O)N2CCC(Br)CC2)C1(C)C. The van der Waals surface area contributed by atoms with E-state index in [4.69, 9.17) is 0 Å². The van der Waals surface area contributed by atoms with E-state index in [9.17, 15) is 4.79 Å². The summed E-state index contributed by atoms with van der Waals surface area (Å²) in [4.78, 5) is 15.1. The Hall–Kier alpha value is -0.0500. The number of rotatable bonds is 1. The molecule has 1 saturated carbocycles. The minimum atomic E-state index is 0.176. The molecule has 0 N–H and O–H groups in total. The highest BCUT2D eigenvalue weighted by Crippen LogP contribution is 2.68. The third kappa shape index (κ3) is 1.71. The first-order chi connectivity index (χ1) is 7.28. The normalized spacial score (nSPS) is 29.2. The maximum absolute atomic E-state index is 12.4. The van der Waals surface area contributed by atoms with E-state index in [1.807, 2.05) is 0 Å². The van der Waals surface area contributed by atoms with Gasteiger partial charge in [0.1, 0.15) is 0 Å². The zero-order valence-corrected chi connectivity index (χ0v) is 12.3. The Morgan fingerprint density at radius 1 is 1.12 bits per heavy atom. The van der Waals surface area contributed by atoms with Gasteiger partial charge < -0.3 is 4.90 Å². The van der Waals surface area contributed by atoms with Gasteiger partial charge in [0.15, 0.2) is 0 Å². The van der Waals surface area contributed by atoms with E-state index in [1.165, 1.54) is 0 Å². The smallest absolute Gasteiger partial charge is 0.226 e. The van der Waals surface area contributed by atoms with Crippen molar-refractivity contribution in [1.82, 2.24) is 4.90 Å². The predicted octanol–water partition coefficient (Wildman–Crippen LogP) is 3.05. The summed E-state index contributed by atoms with van der Waals surface area (Å²) in [5.74, 6) is 0.612. The lowest BCUT2D eigenvalue weighted by Crippen LogP contribution is -2.40. The number of piperidine rings is 1. The van der Waals surface area contributed by atoms with Gasteiger partial charge in [-0.25, -0.2) is 0 Å². The molecule has 2 rings (SSSR count). The Kier molecular flexibility index (Phi) is 2.89. The quantitative estimate of drug-likeness (QED) is 0.679. The molecular formula is C13H22BrNO. The largest absolute Gasteiger partial charge is 0.342 e. The van der Waals surface area contributed by atoms with Gasteiger partial charge in [-0.2, -0.15) is 0 Å². The minimum absolute atomic E-state index is 0.176. The summed E-state index contributed by atoms with van der Waals surface area (Å²) in [5.41, 5.74) is 0.352. The highest BCUT2D eigenvalue weighted by molar-refractivity contribution is 9.09. The Morgan fingerprint density at radius 3 is 1.94 bits per heavy atom. The summed E-state index contributed by atoms with van der Waals surface area (Å²) in [6, 6.07) is 0. The van der Waals surface area contributed by atoms with Crippen molar-refractivity contribution >= 4 is 21.8 Å². The molecule has 1 saturated heterocycles. The van der Waals surface area contributed by atoms with E-state index in [0.717, 1.165) is 25.9 Å². The molecule has 0 aromatic heterocycles. The maximum Gasteiger partial charge on any atom is 0.226 e. The average Bonchev–Trinajstić information content (AvgIpc) is 2.57. The van der Waals surface area contributed by atoms with Crippen LogP contribution >= 0.6 is 15.9 Å². The molecule has 1 amide bonds. The van der Waals surface area contributed by atoms with Crippen LogP contribution in [0.4, 0.5) is 0 Å².